The molecule has 0 spiro atoms. The van der Waals surface area contributed by atoms with Gasteiger partial charge in [0, 0.05) is 5.69 Å². The van der Waals surface area contributed by atoms with E-state index in [0.29, 0.717) is 6.54 Å². The molecule has 1 aliphatic rings. The fourth-order valence-corrected chi connectivity index (χ4v) is 2.91. The number of rotatable bonds is 5. The van der Waals surface area contributed by atoms with Crippen molar-refractivity contribution in [3.8, 4) is 0 Å². The lowest BCUT2D eigenvalue weighted by atomic mass is 9.93. The number of hydrogen-bond donors (Lipinski definition) is 2. The van der Waals surface area contributed by atoms with Crippen molar-refractivity contribution in [1.29, 1.82) is 0 Å². The van der Waals surface area contributed by atoms with Crippen molar-refractivity contribution in [3.05, 3.63) is 42.5 Å². The minimum Gasteiger partial charge on any atom is -0.324 e. The molecular formula is C16H23Cl2N5O. The predicted molar refractivity (Wildman–Crippen MR) is 99.0 cm³/mol. The number of nitrogens with zero attached hydrogens (tertiary/aromatic N) is 3. The molecular weight excluding hydrogens is 349 g/mol. The zero-order chi connectivity index (χ0) is 15.4. The standard InChI is InChI=1S/C16H21N5O.2ClH/c1-2-16(8-3-9-18-16)15(22)20-14-6-4-13(5-7-14)10-21-12-17-11-19-21;;/h4-7,11-12,18H,2-3,8-10H2,1H3,(H,20,22);2*1H. The van der Waals surface area contributed by atoms with Crippen molar-refractivity contribution in [2.45, 2.75) is 38.3 Å². The second-order valence-corrected chi connectivity index (χ2v) is 5.71. The van der Waals surface area contributed by atoms with Crippen LogP contribution in [-0.4, -0.2) is 32.8 Å². The predicted octanol–water partition coefficient (Wildman–Crippen LogP) is 2.64. The maximum absolute atomic E-state index is 12.5. The molecule has 0 saturated carbocycles. The van der Waals surface area contributed by atoms with E-state index in [4.69, 9.17) is 0 Å². The number of anilines is 1. The lowest BCUT2D eigenvalue weighted by Gasteiger charge is -2.26. The van der Waals surface area contributed by atoms with Crippen LogP contribution >= 0.6 is 24.8 Å². The molecule has 0 bridgehead atoms. The lowest BCUT2D eigenvalue weighted by molar-refractivity contribution is -0.122. The maximum atomic E-state index is 12.5. The Bertz CT molecular complexity index is 624. The average molecular weight is 372 g/mol. The van der Waals surface area contributed by atoms with Gasteiger partial charge < -0.3 is 10.6 Å². The summed E-state index contributed by atoms with van der Waals surface area (Å²) in [4.78, 5) is 16.4. The van der Waals surface area contributed by atoms with Gasteiger partial charge in [0.15, 0.2) is 0 Å². The maximum Gasteiger partial charge on any atom is 0.244 e. The first-order valence-corrected chi connectivity index (χ1v) is 7.70. The summed E-state index contributed by atoms with van der Waals surface area (Å²) in [6, 6.07) is 7.86. The number of hydrogen-bond acceptors (Lipinski definition) is 4. The van der Waals surface area contributed by atoms with E-state index in [1.807, 2.05) is 24.3 Å². The van der Waals surface area contributed by atoms with E-state index in [9.17, 15) is 4.79 Å². The Balaban J connectivity index is 0.00000144. The number of carbonyl (C=O) groups is 1. The quantitative estimate of drug-likeness (QED) is 0.847. The van der Waals surface area contributed by atoms with Gasteiger partial charge in [-0.25, -0.2) is 9.67 Å². The monoisotopic (exact) mass is 371 g/mol. The highest BCUT2D eigenvalue weighted by Gasteiger charge is 2.38. The first kappa shape index (κ1) is 20.4. The van der Waals surface area contributed by atoms with Crippen LogP contribution in [0.3, 0.4) is 0 Å². The summed E-state index contributed by atoms with van der Waals surface area (Å²) in [5.41, 5.74) is 1.54. The number of amides is 1. The van der Waals surface area contributed by atoms with Gasteiger partial charge in [-0.2, -0.15) is 5.10 Å². The number of carbonyl (C=O) groups excluding carboxylic acids is 1. The Hall–Kier alpha value is -1.63. The van der Waals surface area contributed by atoms with Crippen molar-refractivity contribution in [3.63, 3.8) is 0 Å². The first-order valence-electron chi connectivity index (χ1n) is 7.70. The number of aromatic nitrogens is 3. The highest BCUT2D eigenvalue weighted by molar-refractivity contribution is 5.98. The van der Waals surface area contributed by atoms with Gasteiger partial charge in [0.05, 0.1) is 12.1 Å². The highest BCUT2D eigenvalue weighted by atomic mass is 35.5. The summed E-state index contributed by atoms with van der Waals surface area (Å²) >= 11 is 0. The van der Waals surface area contributed by atoms with Gasteiger partial charge >= 0.3 is 0 Å². The van der Waals surface area contributed by atoms with E-state index >= 15 is 0 Å². The van der Waals surface area contributed by atoms with Gasteiger partial charge in [0.1, 0.15) is 12.7 Å². The van der Waals surface area contributed by atoms with Crippen LogP contribution in [0.4, 0.5) is 5.69 Å². The minimum absolute atomic E-state index is 0. The molecule has 1 atom stereocenters. The second-order valence-electron chi connectivity index (χ2n) is 5.71. The topological polar surface area (TPSA) is 71.8 Å². The third-order valence-electron chi connectivity index (χ3n) is 4.30. The van der Waals surface area contributed by atoms with Crippen LogP contribution in [0.25, 0.3) is 0 Å². The van der Waals surface area contributed by atoms with Crippen LogP contribution in [0.15, 0.2) is 36.9 Å². The van der Waals surface area contributed by atoms with Crippen LogP contribution in [-0.2, 0) is 11.3 Å². The molecule has 1 amide bonds. The van der Waals surface area contributed by atoms with Crippen molar-refractivity contribution in [2.75, 3.05) is 11.9 Å². The smallest absolute Gasteiger partial charge is 0.244 e. The largest absolute Gasteiger partial charge is 0.324 e. The molecule has 1 aliphatic heterocycles. The van der Waals surface area contributed by atoms with Crippen LogP contribution in [0, 0.1) is 0 Å². The average Bonchev–Trinajstić information content (AvgIpc) is 3.21. The third kappa shape index (κ3) is 4.47. The van der Waals surface area contributed by atoms with Crippen molar-refractivity contribution < 1.29 is 4.79 Å². The first-order chi connectivity index (χ1) is 10.7. The molecule has 132 valence electrons. The molecule has 2 aromatic rings. The Morgan fingerprint density at radius 3 is 2.62 bits per heavy atom. The minimum atomic E-state index is -0.403. The van der Waals surface area contributed by atoms with E-state index in [1.54, 1.807) is 11.0 Å². The molecule has 1 aromatic heterocycles. The van der Waals surface area contributed by atoms with E-state index in [2.05, 4.69) is 27.6 Å². The fourth-order valence-electron chi connectivity index (χ4n) is 2.91. The number of benzene rings is 1. The van der Waals surface area contributed by atoms with Crippen LogP contribution in [0.1, 0.15) is 31.7 Å². The molecule has 1 unspecified atom stereocenters. The molecule has 24 heavy (non-hydrogen) atoms. The summed E-state index contributed by atoms with van der Waals surface area (Å²) in [5, 5.41) is 10.5. The Morgan fingerprint density at radius 2 is 2.08 bits per heavy atom. The van der Waals surface area contributed by atoms with Gasteiger partial charge in [-0.3, -0.25) is 4.79 Å². The normalized spacial score (nSPS) is 19.2. The van der Waals surface area contributed by atoms with Crippen LogP contribution in [0.5, 0.6) is 0 Å². The zero-order valence-corrected chi connectivity index (χ0v) is 15.2. The van der Waals surface area contributed by atoms with Crippen LogP contribution < -0.4 is 10.6 Å². The summed E-state index contributed by atoms with van der Waals surface area (Å²) in [5.74, 6) is 0.0662. The van der Waals surface area contributed by atoms with E-state index < -0.39 is 5.54 Å². The molecule has 2 N–H and O–H groups in total. The number of nitrogens with one attached hydrogen (secondary N) is 2. The summed E-state index contributed by atoms with van der Waals surface area (Å²) in [6.07, 6.45) is 5.97. The van der Waals surface area contributed by atoms with E-state index in [-0.39, 0.29) is 30.7 Å². The molecule has 8 heteroatoms. The third-order valence-corrected chi connectivity index (χ3v) is 4.30. The highest BCUT2D eigenvalue weighted by Crippen LogP contribution is 2.25. The molecule has 0 radical (unpaired) electrons. The fraction of sp³-hybridized carbons (Fsp3) is 0.438. The Kier molecular flexibility index (Phi) is 7.66. The van der Waals surface area contributed by atoms with Crippen LogP contribution in [0.2, 0.25) is 0 Å². The van der Waals surface area contributed by atoms with Crippen molar-refractivity contribution >= 4 is 36.4 Å². The van der Waals surface area contributed by atoms with Gasteiger partial charge in [0.25, 0.3) is 0 Å². The van der Waals surface area contributed by atoms with E-state index in [1.165, 1.54) is 6.33 Å². The van der Waals surface area contributed by atoms with E-state index in [0.717, 1.165) is 37.1 Å². The molecule has 6 nitrogen and oxygen atoms in total. The molecule has 1 aromatic carbocycles. The molecule has 1 saturated heterocycles. The van der Waals surface area contributed by atoms with Crippen molar-refractivity contribution in [1.82, 2.24) is 20.1 Å². The molecule has 0 aliphatic carbocycles. The summed E-state index contributed by atoms with van der Waals surface area (Å²) in [6.45, 7) is 3.64. The number of halogens is 2. The SMILES string of the molecule is CCC1(C(=O)Nc2ccc(Cn3cncn3)cc2)CCCN1.Cl.Cl. The summed E-state index contributed by atoms with van der Waals surface area (Å²) in [7, 11) is 0. The second kappa shape index (κ2) is 9.01. The van der Waals surface area contributed by atoms with Crippen molar-refractivity contribution in [2.24, 2.45) is 0 Å². The Labute approximate surface area is 154 Å². The zero-order valence-electron chi connectivity index (χ0n) is 13.6. The molecule has 2 heterocycles. The van der Waals surface area contributed by atoms with Gasteiger partial charge in [0.2, 0.25) is 5.91 Å². The van der Waals surface area contributed by atoms with Gasteiger partial charge in [-0.15, -0.1) is 24.8 Å². The molecule has 3 rings (SSSR count). The Morgan fingerprint density at radius 1 is 1.33 bits per heavy atom. The van der Waals surface area contributed by atoms with Gasteiger partial charge in [-0.05, 0) is 43.5 Å². The molecule has 1 fully saturated rings. The summed E-state index contributed by atoms with van der Waals surface area (Å²) < 4.78 is 1.77. The van der Waals surface area contributed by atoms with Gasteiger partial charge in [-0.1, -0.05) is 19.1 Å². The lowest BCUT2D eigenvalue weighted by Crippen LogP contribution is -2.50.